The maximum Gasteiger partial charge on any atom is 0.199 e. The summed E-state index contributed by atoms with van der Waals surface area (Å²) in [6.07, 6.45) is 2.66. The molecule has 0 aromatic heterocycles. The highest BCUT2D eigenvalue weighted by atomic mass is 32.1. The number of carbonyl (C=O) groups excluding carboxylic acids is 1. The lowest BCUT2D eigenvalue weighted by molar-refractivity contribution is -0.110. The van der Waals surface area contributed by atoms with Gasteiger partial charge in [-0.05, 0) is 33.1 Å². The van der Waals surface area contributed by atoms with Crippen LogP contribution in [-0.2, 0) is 4.79 Å². The number of carbonyl (C=O) groups is 1. The number of unbranched alkanes of at least 4 members (excludes halogenated alkanes) is 1. The first-order chi connectivity index (χ1) is 8.12. The molecular formula is C13H32N2OS. The number of nitrogens with zero attached hydrogens (tertiary/aromatic N) is 1. The van der Waals surface area contributed by atoms with Crippen LogP contribution in [0.4, 0.5) is 0 Å². The van der Waals surface area contributed by atoms with Gasteiger partial charge in [-0.1, -0.05) is 41.0 Å². The summed E-state index contributed by atoms with van der Waals surface area (Å²) in [5, 5.41) is 2.51. The molecule has 0 amide bonds. The molecule has 17 heavy (non-hydrogen) atoms. The maximum absolute atomic E-state index is 9.85. The molecule has 0 aliphatic carbocycles. The summed E-state index contributed by atoms with van der Waals surface area (Å²) in [5.74, 6) is 0. The van der Waals surface area contributed by atoms with Crippen molar-refractivity contribution in [2.45, 2.75) is 47.5 Å². The van der Waals surface area contributed by atoms with Crippen molar-refractivity contribution in [1.29, 1.82) is 0 Å². The van der Waals surface area contributed by atoms with Gasteiger partial charge in [-0.15, -0.1) is 12.6 Å². The van der Waals surface area contributed by atoms with E-state index < -0.39 is 0 Å². The molecule has 0 rings (SSSR count). The maximum atomic E-state index is 9.85. The zero-order valence-corrected chi connectivity index (χ0v) is 13.4. The zero-order chi connectivity index (χ0) is 14.1. The predicted octanol–water partition coefficient (Wildman–Crippen LogP) is 2.82. The van der Waals surface area contributed by atoms with Crippen LogP contribution < -0.4 is 5.32 Å². The van der Waals surface area contributed by atoms with Crippen LogP contribution in [0.25, 0.3) is 0 Å². The normalized spacial score (nSPS) is 8.94. The third-order valence-electron chi connectivity index (χ3n) is 2.05. The van der Waals surface area contributed by atoms with Crippen molar-refractivity contribution < 1.29 is 4.79 Å². The van der Waals surface area contributed by atoms with E-state index >= 15 is 0 Å². The molecule has 0 radical (unpaired) electrons. The fraction of sp³-hybridized carbons (Fsp3) is 0.923. The van der Waals surface area contributed by atoms with E-state index in [9.17, 15) is 4.79 Å². The van der Waals surface area contributed by atoms with Crippen LogP contribution >= 0.6 is 12.6 Å². The Bertz CT molecular complexity index is 139. The Hall–Kier alpha value is -0.0600. The average Bonchev–Trinajstić information content (AvgIpc) is 2.34. The Labute approximate surface area is 114 Å². The van der Waals surface area contributed by atoms with E-state index in [1.807, 2.05) is 13.8 Å². The highest BCUT2D eigenvalue weighted by Gasteiger charge is 1.94. The monoisotopic (exact) mass is 264 g/mol. The Morgan fingerprint density at radius 2 is 1.65 bits per heavy atom. The molecule has 3 nitrogen and oxygen atoms in total. The van der Waals surface area contributed by atoms with Gasteiger partial charge in [0.1, 0.15) is 0 Å². The standard InChI is InChI=1S/C8H19N.C3H7NOS.C2H6/c1-4-7-8-9(5-2)6-3;1-4-2-3(5)6;1-2/h4-8H2,1-3H3;4H,2H2,1H3,(H,5,6);1-2H3. The van der Waals surface area contributed by atoms with E-state index in [-0.39, 0.29) is 5.12 Å². The number of likely N-dealkylation sites (N-methyl/N-ethyl adjacent to an activating group) is 1. The lowest BCUT2D eigenvalue weighted by Crippen LogP contribution is -2.23. The molecule has 0 saturated heterocycles. The number of thiol groups is 1. The molecule has 1 N–H and O–H groups in total. The zero-order valence-electron chi connectivity index (χ0n) is 12.5. The molecule has 0 bridgehead atoms. The van der Waals surface area contributed by atoms with Crippen LogP contribution in [0.5, 0.6) is 0 Å². The van der Waals surface area contributed by atoms with Crippen molar-refractivity contribution in [3.8, 4) is 0 Å². The molecule has 0 saturated carbocycles. The second-order valence-corrected chi connectivity index (χ2v) is 3.80. The molecule has 0 heterocycles. The van der Waals surface area contributed by atoms with Gasteiger partial charge in [-0.2, -0.15) is 0 Å². The van der Waals surface area contributed by atoms with Crippen LogP contribution in [0.3, 0.4) is 0 Å². The van der Waals surface area contributed by atoms with E-state index in [1.165, 1.54) is 32.5 Å². The van der Waals surface area contributed by atoms with Gasteiger partial charge in [0.15, 0.2) is 5.12 Å². The first-order valence-electron chi connectivity index (χ1n) is 6.70. The highest BCUT2D eigenvalue weighted by Crippen LogP contribution is 1.92. The van der Waals surface area contributed by atoms with E-state index in [0.717, 1.165) is 0 Å². The second kappa shape index (κ2) is 21.2. The molecule has 0 atom stereocenters. The molecule has 0 aromatic carbocycles. The molecule has 0 aliphatic heterocycles. The quantitative estimate of drug-likeness (QED) is 0.694. The number of rotatable bonds is 7. The lowest BCUT2D eigenvalue weighted by atomic mass is 10.3. The van der Waals surface area contributed by atoms with Gasteiger partial charge in [-0.25, -0.2) is 0 Å². The van der Waals surface area contributed by atoms with Gasteiger partial charge in [0.2, 0.25) is 0 Å². The molecule has 106 valence electrons. The van der Waals surface area contributed by atoms with Gasteiger partial charge in [0.05, 0.1) is 6.54 Å². The minimum Gasteiger partial charge on any atom is -0.312 e. The van der Waals surface area contributed by atoms with Crippen molar-refractivity contribution in [3.63, 3.8) is 0 Å². The van der Waals surface area contributed by atoms with E-state index in [1.54, 1.807) is 7.05 Å². The Morgan fingerprint density at radius 1 is 1.18 bits per heavy atom. The molecule has 0 spiro atoms. The average molecular weight is 264 g/mol. The molecule has 0 aromatic rings. The van der Waals surface area contributed by atoms with Gasteiger partial charge in [0.25, 0.3) is 0 Å². The predicted molar refractivity (Wildman–Crippen MR) is 82.0 cm³/mol. The van der Waals surface area contributed by atoms with Crippen LogP contribution in [0.2, 0.25) is 0 Å². The van der Waals surface area contributed by atoms with E-state index in [4.69, 9.17) is 0 Å². The molecular weight excluding hydrogens is 232 g/mol. The van der Waals surface area contributed by atoms with Crippen molar-refractivity contribution in [3.05, 3.63) is 0 Å². The smallest absolute Gasteiger partial charge is 0.199 e. The Kier molecular flexibility index (Phi) is 27.7. The van der Waals surface area contributed by atoms with Crippen LogP contribution in [0.1, 0.15) is 47.5 Å². The van der Waals surface area contributed by atoms with Gasteiger partial charge in [-0.3, -0.25) is 4.79 Å². The van der Waals surface area contributed by atoms with Crippen molar-refractivity contribution in [2.24, 2.45) is 0 Å². The number of hydrogen-bond acceptors (Lipinski definition) is 3. The van der Waals surface area contributed by atoms with Gasteiger partial charge >= 0.3 is 0 Å². The molecule has 0 aliphatic rings. The largest absolute Gasteiger partial charge is 0.312 e. The summed E-state index contributed by atoms with van der Waals surface area (Å²) in [6, 6.07) is 0. The second-order valence-electron chi connectivity index (χ2n) is 3.30. The SMILES string of the molecule is CC.CCCCN(CC)CC.CNCC(=O)S. The third-order valence-corrected chi connectivity index (χ3v) is 2.21. The fourth-order valence-corrected chi connectivity index (χ4v) is 1.23. The summed E-state index contributed by atoms with van der Waals surface area (Å²) < 4.78 is 0. The van der Waals surface area contributed by atoms with Crippen LogP contribution in [-0.4, -0.2) is 43.2 Å². The summed E-state index contributed by atoms with van der Waals surface area (Å²) >= 11 is 3.48. The Balaban J connectivity index is -0.000000213. The van der Waals surface area contributed by atoms with E-state index in [2.05, 4.69) is 43.6 Å². The van der Waals surface area contributed by atoms with Crippen molar-refractivity contribution in [2.75, 3.05) is 33.2 Å². The molecule has 0 unspecified atom stereocenters. The summed E-state index contributed by atoms with van der Waals surface area (Å²) in [7, 11) is 1.70. The summed E-state index contributed by atoms with van der Waals surface area (Å²) in [5.41, 5.74) is 0. The summed E-state index contributed by atoms with van der Waals surface area (Å²) in [4.78, 5) is 12.3. The van der Waals surface area contributed by atoms with Crippen molar-refractivity contribution >= 4 is 17.7 Å². The molecule has 0 fully saturated rings. The van der Waals surface area contributed by atoms with E-state index in [0.29, 0.717) is 6.54 Å². The van der Waals surface area contributed by atoms with Gasteiger partial charge < -0.3 is 10.2 Å². The summed E-state index contributed by atoms with van der Waals surface area (Å²) in [6.45, 7) is 14.7. The molecule has 4 heteroatoms. The van der Waals surface area contributed by atoms with Crippen LogP contribution in [0.15, 0.2) is 0 Å². The van der Waals surface area contributed by atoms with Gasteiger partial charge in [0, 0.05) is 0 Å². The minimum absolute atomic E-state index is 0.127. The first-order valence-corrected chi connectivity index (χ1v) is 7.15. The minimum atomic E-state index is -0.127. The number of hydrogen-bond donors (Lipinski definition) is 2. The van der Waals surface area contributed by atoms with Crippen molar-refractivity contribution in [1.82, 2.24) is 10.2 Å². The highest BCUT2D eigenvalue weighted by molar-refractivity contribution is 7.96. The fourth-order valence-electron chi connectivity index (χ4n) is 1.07. The van der Waals surface area contributed by atoms with Crippen LogP contribution in [0, 0.1) is 0 Å². The Morgan fingerprint density at radius 3 is 1.82 bits per heavy atom. The first kappa shape index (κ1) is 22.1. The lowest BCUT2D eigenvalue weighted by Gasteiger charge is -2.16. The number of nitrogens with one attached hydrogen (secondary N) is 1. The topological polar surface area (TPSA) is 32.3 Å². The third kappa shape index (κ3) is 25.9.